The molecular formula is C26H28N4O2S. The van der Waals surface area contributed by atoms with Crippen LogP contribution in [-0.4, -0.2) is 48.4 Å². The Hall–Kier alpha value is -2.79. The number of hydrogen-bond acceptors (Lipinski definition) is 6. The summed E-state index contributed by atoms with van der Waals surface area (Å²) in [5.41, 5.74) is 4.27. The lowest BCUT2D eigenvalue weighted by Gasteiger charge is -2.34. The number of rotatable bonds is 4. The Balaban J connectivity index is 1.66. The number of carbonyl (C=O) groups excluding carboxylic acids is 1. The summed E-state index contributed by atoms with van der Waals surface area (Å²) in [6.45, 7) is 6.20. The van der Waals surface area contributed by atoms with Crippen LogP contribution in [0.15, 0.2) is 35.2 Å². The Bertz CT molecular complexity index is 1300. The lowest BCUT2D eigenvalue weighted by molar-refractivity contribution is 0.103. The number of aromatic amines is 1. The topological polar surface area (TPSA) is 81.2 Å². The number of benzene rings is 2. The van der Waals surface area contributed by atoms with Crippen molar-refractivity contribution in [3.63, 3.8) is 0 Å². The van der Waals surface area contributed by atoms with Crippen LogP contribution in [0.25, 0.3) is 10.9 Å². The molecule has 1 fully saturated rings. The highest BCUT2D eigenvalue weighted by atomic mass is 32.2. The van der Waals surface area contributed by atoms with Gasteiger partial charge in [-0.1, -0.05) is 19.9 Å². The van der Waals surface area contributed by atoms with Crippen molar-refractivity contribution in [1.29, 1.82) is 5.26 Å². The monoisotopic (exact) mass is 460 g/mol. The van der Waals surface area contributed by atoms with Crippen LogP contribution in [0, 0.1) is 11.3 Å². The number of hydrogen-bond donors (Lipinski definition) is 2. The SMILES string of the molecule is CN(C)Sc1cc2c(cc1OC1CCNCC1)C(C)(C)c1[nH]c3cc(C#N)ccc3c1C2=O. The first-order valence-corrected chi connectivity index (χ1v) is 12.1. The van der Waals surface area contributed by atoms with E-state index in [0.717, 1.165) is 64.3 Å². The molecule has 7 heteroatoms. The van der Waals surface area contributed by atoms with Crippen molar-refractivity contribution in [3.8, 4) is 11.8 Å². The fourth-order valence-corrected chi connectivity index (χ4v) is 5.72. The first-order chi connectivity index (χ1) is 15.8. The summed E-state index contributed by atoms with van der Waals surface area (Å²) in [7, 11) is 3.99. The number of fused-ring (bicyclic) bond motifs is 4. The van der Waals surface area contributed by atoms with Crippen LogP contribution >= 0.6 is 11.9 Å². The number of nitrogens with one attached hydrogen (secondary N) is 2. The molecule has 5 rings (SSSR count). The second kappa shape index (κ2) is 8.21. The molecule has 33 heavy (non-hydrogen) atoms. The van der Waals surface area contributed by atoms with Crippen molar-refractivity contribution >= 4 is 28.6 Å². The number of nitriles is 1. The molecule has 0 saturated carbocycles. The molecule has 2 aromatic carbocycles. The van der Waals surface area contributed by atoms with Crippen LogP contribution in [-0.2, 0) is 5.41 Å². The molecule has 0 radical (unpaired) electrons. The van der Waals surface area contributed by atoms with Crippen molar-refractivity contribution < 1.29 is 9.53 Å². The van der Waals surface area contributed by atoms with E-state index in [4.69, 9.17) is 4.74 Å². The number of nitrogens with zero attached hydrogens (tertiary/aromatic N) is 2. The van der Waals surface area contributed by atoms with E-state index in [1.165, 1.54) is 0 Å². The van der Waals surface area contributed by atoms with Crippen LogP contribution in [0.4, 0.5) is 0 Å². The Kier molecular flexibility index (Phi) is 5.48. The number of piperidine rings is 1. The van der Waals surface area contributed by atoms with E-state index in [-0.39, 0.29) is 11.9 Å². The second-order valence-corrected chi connectivity index (χ2v) is 10.9. The molecule has 2 N–H and O–H groups in total. The lowest BCUT2D eigenvalue weighted by Crippen LogP contribution is -2.34. The molecule has 2 heterocycles. The van der Waals surface area contributed by atoms with E-state index in [9.17, 15) is 10.1 Å². The van der Waals surface area contributed by atoms with E-state index in [0.29, 0.717) is 11.1 Å². The predicted octanol–water partition coefficient (Wildman–Crippen LogP) is 4.61. The van der Waals surface area contributed by atoms with Gasteiger partial charge in [0.25, 0.3) is 0 Å². The third-order valence-electron chi connectivity index (χ3n) is 6.64. The van der Waals surface area contributed by atoms with Crippen molar-refractivity contribution in [2.75, 3.05) is 27.2 Å². The Labute approximate surface area is 198 Å². The zero-order valence-corrected chi connectivity index (χ0v) is 20.2. The summed E-state index contributed by atoms with van der Waals surface area (Å²) in [5.74, 6) is 0.857. The van der Waals surface area contributed by atoms with Gasteiger partial charge in [-0.05, 0) is 81.8 Å². The molecule has 6 nitrogen and oxygen atoms in total. The fraction of sp³-hybridized carbons (Fsp3) is 0.385. The smallest absolute Gasteiger partial charge is 0.195 e. The highest BCUT2D eigenvalue weighted by Crippen LogP contribution is 2.47. The molecule has 170 valence electrons. The Morgan fingerprint density at radius 2 is 1.94 bits per heavy atom. The summed E-state index contributed by atoms with van der Waals surface area (Å²) in [6, 6.07) is 11.7. The highest BCUT2D eigenvalue weighted by molar-refractivity contribution is 7.97. The number of ether oxygens (including phenoxy) is 1. The van der Waals surface area contributed by atoms with E-state index in [1.54, 1.807) is 18.0 Å². The first-order valence-electron chi connectivity index (χ1n) is 11.3. The molecule has 1 aliphatic heterocycles. The number of H-pyrrole nitrogens is 1. The van der Waals surface area contributed by atoms with Gasteiger partial charge in [-0.25, -0.2) is 0 Å². The molecule has 0 bridgehead atoms. The van der Waals surface area contributed by atoms with Gasteiger partial charge in [0.1, 0.15) is 11.9 Å². The van der Waals surface area contributed by atoms with Crippen molar-refractivity contribution in [1.82, 2.24) is 14.6 Å². The van der Waals surface area contributed by atoms with Crippen molar-refractivity contribution in [3.05, 3.63) is 58.3 Å². The normalized spacial score (nSPS) is 17.6. The van der Waals surface area contributed by atoms with Crippen LogP contribution in [0.1, 0.15) is 59.4 Å². The fourth-order valence-electron chi connectivity index (χ4n) is 4.96. The summed E-state index contributed by atoms with van der Waals surface area (Å²) < 4.78 is 8.54. The molecule has 0 amide bonds. The van der Waals surface area contributed by atoms with Gasteiger partial charge in [-0.3, -0.25) is 9.10 Å². The molecule has 1 aliphatic carbocycles. The minimum atomic E-state index is -0.419. The molecule has 0 atom stereocenters. The van der Waals surface area contributed by atoms with Gasteiger partial charge < -0.3 is 15.0 Å². The second-order valence-electron chi connectivity index (χ2n) is 9.52. The van der Waals surface area contributed by atoms with Gasteiger partial charge in [-0.15, -0.1) is 0 Å². The van der Waals surface area contributed by atoms with Crippen LogP contribution in [0.3, 0.4) is 0 Å². The van der Waals surface area contributed by atoms with Gasteiger partial charge >= 0.3 is 0 Å². The number of ketones is 1. The number of aromatic nitrogens is 1. The Morgan fingerprint density at radius 3 is 2.64 bits per heavy atom. The van der Waals surface area contributed by atoms with Crippen molar-refractivity contribution in [2.24, 2.45) is 0 Å². The maximum absolute atomic E-state index is 13.8. The quantitative estimate of drug-likeness (QED) is 0.554. The average Bonchev–Trinajstić information content (AvgIpc) is 3.19. The number of carbonyl (C=O) groups is 1. The summed E-state index contributed by atoms with van der Waals surface area (Å²) >= 11 is 1.58. The van der Waals surface area contributed by atoms with E-state index in [2.05, 4.69) is 36.3 Å². The van der Waals surface area contributed by atoms with E-state index >= 15 is 0 Å². The van der Waals surface area contributed by atoms with Gasteiger partial charge in [0, 0.05) is 27.6 Å². The third kappa shape index (κ3) is 3.72. The minimum Gasteiger partial charge on any atom is -0.489 e. The molecule has 3 aromatic rings. The van der Waals surface area contributed by atoms with Crippen LogP contribution < -0.4 is 10.1 Å². The highest BCUT2D eigenvalue weighted by Gasteiger charge is 2.40. The first kappa shape index (κ1) is 22.0. The third-order valence-corrected chi connectivity index (χ3v) is 7.52. The summed E-state index contributed by atoms with van der Waals surface area (Å²) in [5, 5.41) is 13.6. The van der Waals surface area contributed by atoms with Gasteiger partial charge in [0.05, 0.1) is 22.1 Å². The minimum absolute atomic E-state index is 0.0179. The van der Waals surface area contributed by atoms with Gasteiger partial charge in [-0.2, -0.15) is 5.26 Å². The van der Waals surface area contributed by atoms with Crippen LogP contribution in [0.5, 0.6) is 5.75 Å². The maximum Gasteiger partial charge on any atom is 0.195 e. The zero-order valence-electron chi connectivity index (χ0n) is 19.4. The standard InChI is InChI=1S/C26H28N4O2S/c1-26(2)19-13-21(32-16-7-9-28-10-8-16)22(33-30(3)4)12-18(19)24(31)23-17-6-5-15(14-27)11-20(17)29-25(23)26/h5-6,11-13,16,28-29H,7-10H2,1-4H3. The van der Waals surface area contributed by atoms with Crippen LogP contribution in [0.2, 0.25) is 0 Å². The van der Waals surface area contributed by atoms with Gasteiger partial charge in [0.15, 0.2) is 5.78 Å². The molecule has 0 unspecified atom stereocenters. The average molecular weight is 461 g/mol. The molecule has 2 aliphatic rings. The zero-order chi connectivity index (χ0) is 23.3. The Morgan fingerprint density at radius 1 is 1.18 bits per heavy atom. The largest absolute Gasteiger partial charge is 0.489 e. The maximum atomic E-state index is 13.8. The predicted molar refractivity (Wildman–Crippen MR) is 131 cm³/mol. The van der Waals surface area contributed by atoms with E-state index in [1.807, 2.05) is 36.6 Å². The lowest BCUT2D eigenvalue weighted by atomic mass is 9.71. The molecule has 0 spiro atoms. The van der Waals surface area contributed by atoms with E-state index < -0.39 is 5.41 Å². The van der Waals surface area contributed by atoms with Crippen molar-refractivity contribution in [2.45, 2.75) is 43.1 Å². The summed E-state index contributed by atoms with van der Waals surface area (Å²) in [4.78, 5) is 18.2. The molecule has 1 saturated heterocycles. The molecular weight excluding hydrogens is 432 g/mol. The summed E-state index contributed by atoms with van der Waals surface area (Å²) in [6.07, 6.45) is 2.11. The van der Waals surface area contributed by atoms with Gasteiger partial charge in [0.2, 0.25) is 0 Å². The molecule has 1 aromatic heterocycles.